The van der Waals surface area contributed by atoms with Gasteiger partial charge in [0.05, 0.1) is 12.6 Å². The molecule has 4 rings (SSSR count). The highest BCUT2D eigenvalue weighted by molar-refractivity contribution is 5.85. The van der Waals surface area contributed by atoms with Crippen LogP contribution in [0.1, 0.15) is 62.5 Å². The summed E-state index contributed by atoms with van der Waals surface area (Å²) in [7, 11) is 0. The third kappa shape index (κ3) is 4.70. The van der Waals surface area contributed by atoms with Gasteiger partial charge in [-0.25, -0.2) is 8.78 Å². The fourth-order valence-electron chi connectivity index (χ4n) is 5.08. The molecule has 0 saturated heterocycles. The molecule has 0 saturated carbocycles. The molecule has 0 unspecified atom stereocenters. The molecule has 1 aliphatic heterocycles. The molecule has 0 amide bonds. The van der Waals surface area contributed by atoms with Crippen molar-refractivity contribution in [3.05, 3.63) is 77.3 Å². The lowest BCUT2D eigenvalue weighted by Gasteiger charge is -2.43. The van der Waals surface area contributed by atoms with Crippen molar-refractivity contribution in [3.8, 4) is 5.75 Å². The van der Waals surface area contributed by atoms with E-state index in [9.17, 15) is 4.39 Å². The molecule has 1 N–H and O–H groups in total. The van der Waals surface area contributed by atoms with Crippen molar-refractivity contribution in [1.82, 2.24) is 9.88 Å². The molecule has 0 radical (unpaired) electrons. The van der Waals surface area contributed by atoms with E-state index in [0.717, 1.165) is 35.0 Å². The number of hydrogen-bond acceptors (Lipinski definition) is 2. The van der Waals surface area contributed by atoms with Crippen molar-refractivity contribution in [3.63, 3.8) is 0 Å². The smallest absolute Gasteiger partial charge is 0.132 e. The number of aromatic nitrogens is 1. The summed E-state index contributed by atoms with van der Waals surface area (Å²) < 4.78 is 36.6. The molecule has 3 aromatic rings. The number of nitrogens with one attached hydrogen (secondary N) is 1. The first-order valence-electron chi connectivity index (χ1n) is 11.8. The number of halogens is 2. The van der Waals surface area contributed by atoms with Gasteiger partial charge in [0.1, 0.15) is 17.2 Å². The van der Waals surface area contributed by atoms with Crippen LogP contribution in [-0.4, -0.2) is 34.7 Å². The number of fused-ring (bicyclic) bond motifs is 3. The van der Waals surface area contributed by atoms with E-state index in [4.69, 9.17) is 4.74 Å². The summed E-state index contributed by atoms with van der Waals surface area (Å²) in [6.07, 6.45) is 3.91. The number of aromatic amines is 1. The third-order valence-corrected chi connectivity index (χ3v) is 6.38. The van der Waals surface area contributed by atoms with E-state index in [-0.39, 0.29) is 18.4 Å². The Bertz CT molecular complexity index is 1140. The van der Waals surface area contributed by atoms with Crippen LogP contribution in [0.4, 0.5) is 8.78 Å². The lowest BCUT2D eigenvalue weighted by atomic mass is 9.85. The van der Waals surface area contributed by atoms with Crippen molar-refractivity contribution in [1.29, 1.82) is 0 Å². The van der Waals surface area contributed by atoms with Gasteiger partial charge in [0.15, 0.2) is 0 Å². The normalized spacial score (nSPS) is 19.0. The minimum absolute atomic E-state index is 0.0451. The maximum atomic E-state index is 15.9. The minimum Gasteiger partial charge on any atom is -0.493 e. The maximum Gasteiger partial charge on any atom is 0.132 e. The molecule has 0 aliphatic carbocycles. The van der Waals surface area contributed by atoms with Crippen molar-refractivity contribution in [2.75, 3.05) is 13.2 Å². The minimum atomic E-state index is -1.42. The van der Waals surface area contributed by atoms with Gasteiger partial charge in [-0.05, 0) is 63.3 Å². The maximum absolute atomic E-state index is 15.9. The number of rotatable bonds is 8. The second-order valence-corrected chi connectivity index (χ2v) is 9.73. The molecule has 176 valence electrons. The van der Waals surface area contributed by atoms with Gasteiger partial charge in [-0.15, -0.1) is 6.58 Å². The van der Waals surface area contributed by atoms with Gasteiger partial charge >= 0.3 is 0 Å². The average molecular weight is 453 g/mol. The fraction of sp³-hybridized carbons (Fsp3) is 0.429. The first-order valence-corrected chi connectivity index (χ1v) is 11.8. The van der Waals surface area contributed by atoms with Crippen molar-refractivity contribution >= 4 is 10.9 Å². The molecule has 0 bridgehead atoms. The average Bonchev–Trinajstić information content (AvgIpc) is 3.11. The summed E-state index contributed by atoms with van der Waals surface area (Å²) in [5.74, 6) is 0.193. The number of nitrogens with zero attached hydrogens (tertiary/aromatic N) is 1. The zero-order chi connectivity index (χ0) is 23.8. The van der Waals surface area contributed by atoms with E-state index in [2.05, 4.69) is 29.5 Å². The number of ether oxygens (including phenoxy) is 1. The van der Waals surface area contributed by atoms with Crippen molar-refractivity contribution < 1.29 is 13.5 Å². The van der Waals surface area contributed by atoms with E-state index in [1.54, 1.807) is 19.9 Å². The van der Waals surface area contributed by atoms with Gasteiger partial charge in [-0.2, -0.15) is 0 Å². The number of benzene rings is 2. The Balaban J connectivity index is 1.94. The molecule has 2 aromatic carbocycles. The van der Waals surface area contributed by atoms with E-state index >= 15 is 4.39 Å². The Kier molecular flexibility index (Phi) is 6.62. The summed E-state index contributed by atoms with van der Waals surface area (Å²) in [5, 5.41) is 1.15. The highest BCUT2D eigenvalue weighted by atomic mass is 19.1. The molecular weight excluding hydrogens is 418 g/mol. The Morgan fingerprint density at radius 2 is 2.03 bits per heavy atom. The van der Waals surface area contributed by atoms with Crippen LogP contribution in [0.25, 0.3) is 10.9 Å². The predicted octanol–water partition coefficient (Wildman–Crippen LogP) is 6.91. The number of H-pyrrole nitrogens is 1. The second-order valence-electron chi connectivity index (χ2n) is 9.73. The number of hydrogen-bond donors (Lipinski definition) is 1. The Morgan fingerprint density at radius 1 is 1.27 bits per heavy atom. The Hall–Kier alpha value is -2.66. The van der Waals surface area contributed by atoms with Crippen LogP contribution >= 0.6 is 0 Å². The summed E-state index contributed by atoms with van der Waals surface area (Å²) >= 11 is 0. The van der Waals surface area contributed by atoms with Crippen molar-refractivity contribution in [2.45, 2.75) is 64.7 Å². The van der Waals surface area contributed by atoms with Crippen LogP contribution < -0.4 is 4.74 Å². The monoisotopic (exact) mass is 452 g/mol. The summed E-state index contributed by atoms with van der Waals surface area (Å²) in [6, 6.07) is 11.2. The molecule has 5 heteroatoms. The molecule has 3 nitrogen and oxygen atoms in total. The predicted molar refractivity (Wildman–Crippen MR) is 131 cm³/mol. The number of allylic oxidation sites excluding steroid dienone is 1. The lowest BCUT2D eigenvalue weighted by Crippen LogP contribution is -2.48. The van der Waals surface area contributed by atoms with Gasteiger partial charge in [0, 0.05) is 40.8 Å². The SMILES string of the molecule is C=CCc1cc(OCCC)cc(F)c1[C@@H]1c2[nH]c3ccccc3c2C[C@@H](C)N1CC(C)(C)F. The zero-order valence-corrected chi connectivity index (χ0v) is 20.1. The molecule has 1 aliphatic rings. The topological polar surface area (TPSA) is 28.3 Å². The highest BCUT2D eigenvalue weighted by Crippen LogP contribution is 2.44. The second kappa shape index (κ2) is 9.30. The third-order valence-electron chi connectivity index (χ3n) is 6.38. The van der Waals surface area contributed by atoms with Gasteiger partial charge in [-0.3, -0.25) is 4.90 Å². The van der Waals surface area contributed by atoms with Crippen LogP contribution in [0.3, 0.4) is 0 Å². The van der Waals surface area contributed by atoms with Gasteiger partial charge < -0.3 is 9.72 Å². The first kappa shape index (κ1) is 23.5. The van der Waals surface area contributed by atoms with Crippen LogP contribution in [0.15, 0.2) is 49.1 Å². The van der Waals surface area contributed by atoms with Gasteiger partial charge in [-0.1, -0.05) is 31.2 Å². The first-order chi connectivity index (χ1) is 15.7. The van der Waals surface area contributed by atoms with E-state index in [1.807, 2.05) is 31.2 Å². The molecule has 0 spiro atoms. The van der Waals surface area contributed by atoms with E-state index in [0.29, 0.717) is 24.3 Å². The molecule has 2 atom stereocenters. The molecular formula is C28H34F2N2O. The van der Waals surface area contributed by atoms with Gasteiger partial charge in [0.25, 0.3) is 0 Å². The molecule has 0 fully saturated rings. The molecule has 2 heterocycles. The molecule has 33 heavy (non-hydrogen) atoms. The van der Waals surface area contributed by atoms with Crippen molar-refractivity contribution in [2.24, 2.45) is 0 Å². The largest absolute Gasteiger partial charge is 0.493 e. The summed E-state index contributed by atoms with van der Waals surface area (Å²) in [4.78, 5) is 5.66. The fourth-order valence-corrected chi connectivity index (χ4v) is 5.08. The molecule has 1 aromatic heterocycles. The summed E-state index contributed by atoms with van der Waals surface area (Å²) in [6.45, 7) is 11.9. The van der Waals surface area contributed by atoms with Crippen LogP contribution in [0.5, 0.6) is 5.75 Å². The van der Waals surface area contributed by atoms with Crippen LogP contribution in [0, 0.1) is 5.82 Å². The highest BCUT2D eigenvalue weighted by Gasteiger charge is 2.40. The summed E-state index contributed by atoms with van der Waals surface area (Å²) in [5.41, 5.74) is 3.13. The van der Waals surface area contributed by atoms with Crippen LogP contribution in [0.2, 0.25) is 0 Å². The van der Waals surface area contributed by atoms with Gasteiger partial charge in [0.2, 0.25) is 0 Å². The van der Waals surface area contributed by atoms with E-state index < -0.39 is 11.7 Å². The number of alkyl halides is 1. The zero-order valence-electron chi connectivity index (χ0n) is 20.1. The Labute approximate surface area is 195 Å². The number of para-hydroxylation sites is 1. The lowest BCUT2D eigenvalue weighted by molar-refractivity contribution is 0.0652. The van der Waals surface area contributed by atoms with E-state index in [1.165, 1.54) is 11.6 Å². The quantitative estimate of drug-likeness (QED) is 0.376. The Morgan fingerprint density at radius 3 is 2.73 bits per heavy atom. The standard InChI is InChI=1S/C28H34F2N2O/c1-6-10-19-15-20(33-13-7-2)16-23(29)25(19)27-26-22(21-11-8-9-12-24(21)31-26)14-18(3)32(27)17-28(4,5)30/h6,8-9,11-12,15-16,18,27,31H,1,7,10,13-14,17H2,2-5H3/t18-,27-/m1/s1. The van der Waals surface area contributed by atoms with Crippen LogP contribution in [-0.2, 0) is 12.8 Å².